The van der Waals surface area contributed by atoms with E-state index in [1.165, 1.54) is 18.4 Å². The van der Waals surface area contributed by atoms with E-state index in [0.29, 0.717) is 34.4 Å². The normalized spacial score (nSPS) is 19.3. The van der Waals surface area contributed by atoms with E-state index in [2.05, 4.69) is 22.5 Å². The van der Waals surface area contributed by atoms with Crippen molar-refractivity contribution in [1.82, 2.24) is 4.90 Å². The number of Topliss-reactive ketones (excluding diaryl/α,β-unsaturated/α-hetero) is 1. The first-order valence-corrected chi connectivity index (χ1v) is 13.7. The Kier molecular flexibility index (Phi) is 8.08. The Labute approximate surface area is 225 Å². The molecule has 2 N–H and O–H groups in total. The van der Waals surface area contributed by atoms with Crippen LogP contribution in [0.25, 0.3) is 0 Å². The number of carbonyl (C=O) groups is 2. The third kappa shape index (κ3) is 6.25. The summed E-state index contributed by atoms with van der Waals surface area (Å²) in [5.41, 5.74) is 4.07. The number of para-hydroxylation sites is 1. The molecule has 38 heavy (non-hydrogen) atoms. The Morgan fingerprint density at radius 2 is 1.66 bits per heavy atom. The number of ether oxygens (including phenoxy) is 1. The third-order valence-corrected chi connectivity index (χ3v) is 7.94. The zero-order valence-electron chi connectivity index (χ0n) is 22.3. The Morgan fingerprint density at radius 1 is 0.868 bits per heavy atom. The lowest BCUT2D eigenvalue weighted by Crippen LogP contribution is -2.31. The first-order chi connectivity index (χ1) is 18.5. The summed E-state index contributed by atoms with van der Waals surface area (Å²) < 4.78 is 6.21. The molecule has 1 aliphatic carbocycles. The van der Waals surface area contributed by atoms with Gasteiger partial charge in [-0.2, -0.15) is 0 Å². The van der Waals surface area contributed by atoms with Crippen molar-refractivity contribution in [1.29, 1.82) is 0 Å². The van der Waals surface area contributed by atoms with E-state index >= 15 is 0 Å². The van der Waals surface area contributed by atoms with Gasteiger partial charge in [-0.3, -0.25) is 4.79 Å². The molecule has 0 aromatic heterocycles. The summed E-state index contributed by atoms with van der Waals surface area (Å²) >= 11 is 0. The second-order valence-electron chi connectivity index (χ2n) is 10.7. The summed E-state index contributed by atoms with van der Waals surface area (Å²) in [4.78, 5) is 29.1. The maximum atomic E-state index is 13.7. The largest absolute Gasteiger partial charge is 0.455 e. The quantitative estimate of drug-likeness (QED) is 0.309. The fourth-order valence-electron chi connectivity index (χ4n) is 5.69. The van der Waals surface area contributed by atoms with Crippen molar-refractivity contribution >= 4 is 23.2 Å². The van der Waals surface area contributed by atoms with Crippen LogP contribution in [-0.4, -0.2) is 36.3 Å². The van der Waals surface area contributed by atoms with E-state index in [1.807, 2.05) is 61.5 Å². The lowest BCUT2D eigenvalue weighted by molar-refractivity contribution is 0.0873. The molecule has 0 bridgehead atoms. The molecule has 198 valence electrons. The van der Waals surface area contributed by atoms with Gasteiger partial charge in [0, 0.05) is 23.7 Å². The molecule has 1 saturated heterocycles. The molecule has 0 radical (unpaired) electrons. The van der Waals surface area contributed by atoms with Crippen molar-refractivity contribution in [2.45, 2.75) is 46.0 Å². The van der Waals surface area contributed by atoms with Gasteiger partial charge < -0.3 is 20.3 Å². The average Bonchev–Trinajstić information content (AvgIpc) is 3.60. The standard InChI is InChI=1S/C32H37N3O3/c1-22-13-15-27(19-23(22)2)38-30-16-14-24(20-29(30)34-32(37)33-26-10-4-3-5-11-26)31(36)28-12-8-9-25(28)21-35-17-6-7-18-35/h3-5,10-11,13-16,19-20,25,28H,6-9,12,17-18,21H2,1-2H3,(H2,33,34,37)/t25-,28?/m0/s1. The predicted molar refractivity (Wildman–Crippen MR) is 152 cm³/mol. The minimum atomic E-state index is -0.390. The van der Waals surface area contributed by atoms with Gasteiger partial charge in [-0.05, 0) is 112 Å². The molecule has 5 rings (SSSR count). The molecule has 0 spiro atoms. The maximum absolute atomic E-state index is 13.7. The van der Waals surface area contributed by atoms with Crippen LogP contribution >= 0.6 is 0 Å². The molecule has 1 unspecified atom stereocenters. The minimum Gasteiger partial charge on any atom is -0.455 e. The van der Waals surface area contributed by atoms with Crippen LogP contribution in [0.3, 0.4) is 0 Å². The highest BCUT2D eigenvalue weighted by atomic mass is 16.5. The number of nitrogens with zero attached hydrogens (tertiary/aromatic N) is 1. The predicted octanol–water partition coefficient (Wildman–Crippen LogP) is 7.43. The highest BCUT2D eigenvalue weighted by Gasteiger charge is 2.35. The van der Waals surface area contributed by atoms with Crippen LogP contribution < -0.4 is 15.4 Å². The Bertz CT molecular complexity index is 1280. The van der Waals surface area contributed by atoms with E-state index in [9.17, 15) is 9.59 Å². The molecule has 1 aliphatic heterocycles. The van der Waals surface area contributed by atoms with Crippen molar-refractivity contribution in [3.8, 4) is 11.5 Å². The van der Waals surface area contributed by atoms with Crippen LogP contribution in [0, 0.1) is 25.7 Å². The van der Waals surface area contributed by atoms with Gasteiger partial charge in [-0.25, -0.2) is 4.79 Å². The summed E-state index contributed by atoms with van der Waals surface area (Å²) in [5.74, 6) is 1.75. The molecule has 2 atom stereocenters. The lowest BCUT2D eigenvalue weighted by Gasteiger charge is -2.24. The van der Waals surface area contributed by atoms with Gasteiger partial charge in [-0.1, -0.05) is 30.7 Å². The van der Waals surface area contributed by atoms with Gasteiger partial charge in [0.15, 0.2) is 11.5 Å². The number of ketones is 1. The third-order valence-electron chi connectivity index (χ3n) is 7.94. The number of anilines is 2. The molecule has 1 saturated carbocycles. The number of urea groups is 1. The molecular weight excluding hydrogens is 474 g/mol. The van der Waals surface area contributed by atoms with Gasteiger partial charge in [0.1, 0.15) is 5.75 Å². The van der Waals surface area contributed by atoms with Gasteiger partial charge in [0.2, 0.25) is 0 Å². The van der Waals surface area contributed by atoms with Crippen LogP contribution in [0.15, 0.2) is 66.7 Å². The molecule has 3 aromatic carbocycles. The Hall–Kier alpha value is -3.64. The van der Waals surface area contributed by atoms with Crippen molar-refractivity contribution in [2.24, 2.45) is 11.8 Å². The van der Waals surface area contributed by atoms with E-state index in [0.717, 1.165) is 44.5 Å². The molecule has 3 aromatic rings. The van der Waals surface area contributed by atoms with Crippen molar-refractivity contribution in [2.75, 3.05) is 30.3 Å². The summed E-state index contributed by atoms with van der Waals surface area (Å²) in [6, 6.07) is 20.2. The zero-order chi connectivity index (χ0) is 26.5. The highest BCUT2D eigenvalue weighted by molar-refractivity contribution is 6.03. The fraction of sp³-hybridized carbons (Fsp3) is 0.375. The minimum absolute atomic E-state index is 0.0214. The van der Waals surface area contributed by atoms with E-state index in [1.54, 1.807) is 12.1 Å². The molecule has 6 heteroatoms. The lowest BCUT2D eigenvalue weighted by atomic mass is 9.87. The smallest absolute Gasteiger partial charge is 0.323 e. The molecule has 2 aliphatic rings. The second kappa shape index (κ2) is 11.8. The van der Waals surface area contributed by atoms with Crippen LogP contribution in [0.5, 0.6) is 11.5 Å². The average molecular weight is 512 g/mol. The van der Waals surface area contributed by atoms with E-state index < -0.39 is 6.03 Å². The van der Waals surface area contributed by atoms with Crippen LogP contribution in [0.4, 0.5) is 16.2 Å². The first-order valence-electron chi connectivity index (χ1n) is 13.7. The molecule has 1 heterocycles. The zero-order valence-corrected chi connectivity index (χ0v) is 22.3. The summed E-state index contributed by atoms with van der Waals surface area (Å²) in [7, 11) is 0. The van der Waals surface area contributed by atoms with E-state index in [-0.39, 0.29) is 11.7 Å². The van der Waals surface area contributed by atoms with Crippen LogP contribution in [0.2, 0.25) is 0 Å². The van der Waals surface area contributed by atoms with Gasteiger partial charge in [-0.15, -0.1) is 0 Å². The van der Waals surface area contributed by atoms with Crippen molar-refractivity contribution in [3.05, 3.63) is 83.4 Å². The highest BCUT2D eigenvalue weighted by Crippen LogP contribution is 2.38. The van der Waals surface area contributed by atoms with Gasteiger partial charge in [0.25, 0.3) is 0 Å². The SMILES string of the molecule is Cc1ccc(Oc2ccc(C(=O)C3CCC[C@H]3CN3CCCC3)cc2NC(=O)Nc2ccccc2)cc1C. The number of nitrogens with one attached hydrogen (secondary N) is 2. The summed E-state index contributed by atoms with van der Waals surface area (Å²) in [6.45, 7) is 7.39. The number of likely N-dealkylation sites (tertiary alicyclic amines) is 1. The number of carbonyl (C=O) groups excluding carboxylic acids is 2. The number of aryl methyl sites for hydroxylation is 2. The number of benzene rings is 3. The van der Waals surface area contributed by atoms with Gasteiger partial charge >= 0.3 is 6.03 Å². The van der Waals surface area contributed by atoms with Crippen LogP contribution in [0.1, 0.15) is 53.6 Å². The van der Waals surface area contributed by atoms with E-state index in [4.69, 9.17) is 4.74 Å². The molecule has 2 fully saturated rings. The Balaban J connectivity index is 1.38. The van der Waals surface area contributed by atoms with Crippen molar-refractivity contribution in [3.63, 3.8) is 0 Å². The van der Waals surface area contributed by atoms with Crippen LogP contribution in [-0.2, 0) is 0 Å². The Morgan fingerprint density at radius 3 is 2.42 bits per heavy atom. The number of rotatable bonds is 8. The number of hydrogen-bond donors (Lipinski definition) is 2. The molecular formula is C32H37N3O3. The maximum Gasteiger partial charge on any atom is 0.323 e. The fourth-order valence-corrected chi connectivity index (χ4v) is 5.69. The van der Waals surface area contributed by atoms with Crippen molar-refractivity contribution < 1.29 is 14.3 Å². The first kappa shape index (κ1) is 26.0. The summed E-state index contributed by atoms with van der Waals surface area (Å²) in [5, 5.41) is 5.78. The molecule has 2 amide bonds. The van der Waals surface area contributed by atoms with Gasteiger partial charge in [0.05, 0.1) is 5.69 Å². The monoisotopic (exact) mass is 511 g/mol. The topological polar surface area (TPSA) is 70.7 Å². The number of hydrogen-bond acceptors (Lipinski definition) is 4. The number of amides is 2. The summed E-state index contributed by atoms with van der Waals surface area (Å²) in [6.07, 6.45) is 5.63. The second-order valence-corrected chi connectivity index (χ2v) is 10.7. The molecule has 6 nitrogen and oxygen atoms in total.